The lowest BCUT2D eigenvalue weighted by atomic mass is 9.62. The zero-order valence-corrected chi connectivity index (χ0v) is 28.3. The Labute approximate surface area is 293 Å². The Balaban J connectivity index is 0.00000468. The number of nitrogens with one attached hydrogen (secondary N) is 2. The number of carboxylic acids is 1. The van der Waals surface area contributed by atoms with Crippen LogP contribution in [0.5, 0.6) is 5.75 Å². The van der Waals surface area contributed by atoms with Gasteiger partial charge in [0, 0.05) is 19.1 Å². The average molecular weight is 680 g/mol. The van der Waals surface area contributed by atoms with Crippen LogP contribution >= 0.6 is 13.5 Å². The lowest BCUT2D eigenvalue weighted by molar-refractivity contribution is -0.143. The fourth-order valence-electron chi connectivity index (χ4n) is 7.23. The third kappa shape index (κ3) is 7.05. The number of carbonyl (C=O) groups is 4. The Hall–Kier alpha value is -5.09. The Morgan fingerprint density at radius 2 is 1.43 bits per heavy atom. The van der Waals surface area contributed by atoms with Crippen LogP contribution in [0.4, 0.5) is 0 Å². The molecule has 0 radical (unpaired) electrons. The minimum Gasteiger partial charge on any atom is -0.496 e. The molecular weight excluding hydrogens is 639 g/mol. The number of benzene rings is 4. The summed E-state index contributed by atoms with van der Waals surface area (Å²) in [5.41, 5.74) is 1.96. The van der Waals surface area contributed by atoms with Crippen LogP contribution < -0.4 is 15.4 Å². The minimum atomic E-state index is -1.24. The van der Waals surface area contributed by atoms with E-state index < -0.39 is 29.3 Å². The molecule has 4 aromatic rings. The molecule has 0 saturated carbocycles. The van der Waals surface area contributed by atoms with Crippen molar-refractivity contribution < 1.29 is 29.0 Å². The van der Waals surface area contributed by atoms with E-state index in [1.807, 2.05) is 65.6 Å². The zero-order chi connectivity index (χ0) is 33.7. The molecule has 0 bridgehead atoms. The predicted octanol–water partition coefficient (Wildman–Crippen LogP) is 5.33. The van der Waals surface area contributed by atoms with Crippen molar-refractivity contribution in [2.75, 3.05) is 20.2 Å². The number of methoxy groups -OCH3 is 1. The Bertz CT molecular complexity index is 1790. The molecule has 9 nitrogen and oxygen atoms in total. The molecule has 0 unspecified atom stereocenters. The van der Waals surface area contributed by atoms with Crippen LogP contribution in [-0.2, 0) is 19.8 Å². The molecule has 0 aromatic heterocycles. The van der Waals surface area contributed by atoms with Gasteiger partial charge in [-0.05, 0) is 60.1 Å². The van der Waals surface area contributed by atoms with Gasteiger partial charge in [0.25, 0.3) is 5.91 Å². The Morgan fingerprint density at radius 1 is 0.816 bits per heavy atom. The number of ether oxygens (including phenoxy) is 1. The molecule has 1 aliphatic heterocycles. The first-order valence-electron chi connectivity index (χ1n) is 16.3. The van der Waals surface area contributed by atoms with Gasteiger partial charge in [-0.15, -0.1) is 0 Å². The maximum Gasteiger partial charge on any atom is 0.330 e. The maximum absolute atomic E-state index is 14.5. The number of nitrogens with zero attached hydrogens (tertiary/aromatic N) is 1. The van der Waals surface area contributed by atoms with Crippen LogP contribution in [0.1, 0.15) is 70.3 Å². The van der Waals surface area contributed by atoms with E-state index in [2.05, 4.69) is 10.6 Å². The third-order valence-corrected chi connectivity index (χ3v) is 9.71. The highest BCUT2D eigenvalue weighted by atomic mass is 32.1. The van der Waals surface area contributed by atoms with Gasteiger partial charge in [0.1, 0.15) is 5.75 Å². The second-order valence-corrected chi connectivity index (χ2v) is 12.4. The normalized spacial score (nSPS) is 19.4. The van der Waals surface area contributed by atoms with Gasteiger partial charge in [-0.1, -0.05) is 97.1 Å². The number of para-hydroxylation sites is 1. The fourth-order valence-corrected chi connectivity index (χ4v) is 7.23. The van der Waals surface area contributed by atoms with E-state index in [0.717, 1.165) is 11.1 Å². The highest BCUT2D eigenvalue weighted by Crippen LogP contribution is 2.48. The minimum absolute atomic E-state index is 0. The summed E-state index contributed by atoms with van der Waals surface area (Å²) in [5, 5.41) is 16.1. The van der Waals surface area contributed by atoms with Crippen LogP contribution in [0.3, 0.4) is 0 Å². The fraction of sp³-hybridized carbons (Fsp3) is 0.282. The smallest absolute Gasteiger partial charge is 0.330 e. The highest BCUT2D eigenvalue weighted by molar-refractivity contribution is 7.59. The van der Waals surface area contributed by atoms with Crippen molar-refractivity contribution in [2.45, 2.75) is 49.1 Å². The number of amides is 3. The van der Waals surface area contributed by atoms with Gasteiger partial charge in [-0.2, -0.15) is 13.5 Å². The number of fused-ring (bicyclic) bond motifs is 1. The van der Waals surface area contributed by atoms with Crippen LogP contribution in [0, 0.1) is 0 Å². The van der Waals surface area contributed by atoms with E-state index in [1.54, 1.807) is 48.5 Å². The van der Waals surface area contributed by atoms with Crippen molar-refractivity contribution >= 4 is 37.2 Å². The van der Waals surface area contributed by atoms with E-state index in [4.69, 9.17) is 4.74 Å². The molecule has 1 saturated heterocycles. The second-order valence-electron chi connectivity index (χ2n) is 12.4. The SMILES string of the molecule is COc1ccccc1C(=O)NC1CCN(C(=O)[C@H]2CC[C@@](C(=O)N[C@@H](C(=O)O)c3ccccc3)(c3ccccc3)c3ccccc32)CC1.S. The van der Waals surface area contributed by atoms with Crippen molar-refractivity contribution in [2.24, 2.45) is 0 Å². The molecule has 3 N–H and O–H groups in total. The lowest BCUT2D eigenvalue weighted by Crippen LogP contribution is -2.52. The van der Waals surface area contributed by atoms with Crippen LogP contribution in [0.25, 0.3) is 0 Å². The summed E-state index contributed by atoms with van der Waals surface area (Å²) >= 11 is 0. The third-order valence-electron chi connectivity index (χ3n) is 9.71. The van der Waals surface area contributed by atoms with Crippen molar-refractivity contribution in [1.29, 1.82) is 0 Å². The topological polar surface area (TPSA) is 125 Å². The van der Waals surface area contributed by atoms with Gasteiger partial charge in [0.15, 0.2) is 6.04 Å². The molecule has 254 valence electrons. The monoisotopic (exact) mass is 679 g/mol. The molecular formula is C39H41N3O6S. The van der Waals surface area contributed by atoms with Crippen molar-refractivity contribution in [3.05, 3.63) is 137 Å². The molecule has 3 atom stereocenters. The maximum atomic E-state index is 14.5. The molecule has 2 aliphatic rings. The van der Waals surface area contributed by atoms with Crippen molar-refractivity contribution in [3.8, 4) is 5.75 Å². The van der Waals surface area contributed by atoms with Gasteiger partial charge < -0.3 is 25.4 Å². The van der Waals surface area contributed by atoms with Crippen LogP contribution in [-0.4, -0.2) is 59.9 Å². The van der Waals surface area contributed by atoms with Crippen molar-refractivity contribution in [1.82, 2.24) is 15.5 Å². The van der Waals surface area contributed by atoms with Gasteiger partial charge in [-0.3, -0.25) is 14.4 Å². The largest absolute Gasteiger partial charge is 0.496 e. The number of rotatable bonds is 9. The first-order valence-corrected chi connectivity index (χ1v) is 16.3. The van der Waals surface area contributed by atoms with Crippen LogP contribution in [0.2, 0.25) is 0 Å². The predicted molar refractivity (Wildman–Crippen MR) is 191 cm³/mol. The molecule has 10 heteroatoms. The summed E-state index contributed by atoms with van der Waals surface area (Å²) < 4.78 is 5.34. The lowest BCUT2D eigenvalue weighted by Gasteiger charge is -2.43. The summed E-state index contributed by atoms with van der Waals surface area (Å²) in [7, 11) is 1.54. The molecule has 4 aromatic carbocycles. The molecule has 1 fully saturated rings. The Morgan fingerprint density at radius 3 is 2.10 bits per heavy atom. The van der Waals surface area contributed by atoms with Gasteiger partial charge in [-0.25, -0.2) is 4.79 Å². The number of aliphatic carboxylic acids is 1. The summed E-state index contributed by atoms with van der Waals surface area (Å²) in [4.78, 5) is 55.9. The first-order chi connectivity index (χ1) is 23.3. The summed E-state index contributed by atoms with van der Waals surface area (Å²) in [6.45, 7) is 0.992. The van der Waals surface area contributed by atoms with Gasteiger partial charge in [0.05, 0.1) is 24.0 Å². The Kier molecular flexibility index (Phi) is 11.1. The summed E-state index contributed by atoms with van der Waals surface area (Å²) in [6.07, 6.45) is 1.97. The zero-order valence-electron chi connectivity index (χ0n) is 27.3. The number of piperidine rings is 1. The van der Waals surface area contributed by atoms with E-state index in [9.17, 15) is 24.3 Å². The van der Waals surface area contributed by atoms with E-state index in [1.165, 1.54) is 7.11 Å². The quantitative estimate of drug-likeness (QED) is 0.220. The number of hydrogen-bond donors (Lipinski definition) is 3. The van der Waals surface area contributed by atoms with Crippen molar-refractivity contribution in [3.63, 3.8) is 0 Å². The standard InChI is InChI=1S/C39H39N3O6.H2S/c1-48-33-19-11-9-17-31(33)35(43)40-28-21-24-42(25-22-28)36(44)30-20-23-39(27-14-6-3-7-15-27,32-18-10-8-16-29(30)32)38(47)41-34(37(45)46)26-12-4-2-5-13-26;/h2-19,28,30,34H,20-25H2,1H3,(H,40,43)(H,41,47)(H,45,46);1H2/t30-,34+,39+;/m0./s1. The molecule has 1 heterocycles. The molecule has 49 heavy (non-hydrogen) atoms. The molecule has 3 amide bonds. The van der Waals surface area contributed by atoms with Crippen LogP contribution in [0.15, 0.2) is 109 Å². The number of carbonyl (C=O) groups excluding carboxylic acids is 3. The second kappa shape index (κ2) is 15.4. The average Bonchev–Trinajstić information content (AvgIpc) is 3.13. The van der Waals surface area contributed by atoms with Gasteiger partial charge in [0.2, 0.25) is 11.8 Å². The van der Waals surface area contributed by atoms with Gasteiger partial charge >= 0.3 is 5.97 Å². The number of hydrogen-bond acceptors (Lipinski definition) is 5. The summed E-state index contributed by atoms with van der Waals surface area (Å²) in [5.74, 6) is -1.74. The number of likely N-dealkylation sites (tertiary alicyclic amines) is 1. The van der Waals surface area contributed by atoms with E-state index >= 15 is 0 Å². The highest BCUT2D eigenvalue weighted by Gasteiger charge is 2.49. The molecule has 1 aliphatic carbocycles. The number of carboxylic acid groups (broad SMARTS) is 1. The van der Waals surface area contributed by atoms with E-state index in [0.29, 0.717) is 61.2 Å². The first kappa shape index (κ1) is 35.2. The summed E-state index contributed by atoms with van der Waals surface area (Å²) in [6, 6.07) is 31.4. The molecule has 0 spiro atoms. The van der Waals surface area contributed by atoms with E-state index in [-0.39, 0.29) is 31.4 Å². The molecule has 6 rings (SSSR count).